The fraction of sp³-hybridized carbons (Fsp3) is 0.812. The average Bonchev–Trinajstić information content (AvgIpc) is 2.87. The fourth-order valence-corrected chi connectivity index (χ4v) is 3.44. The molecule has 3 nitrogen and oxygen atoms in total. The standard InChI is InChI=1S/C16H28N2O/c1-3-5-13-6-8-14(9-7-13)15(19)12-16-17-10-11-18(16)4-2/h10-11,13-15,19H,3-9,12H2,1-2H3. The summed E-state index contributed by atoms with van der Waals surface area (Å²) >= 11 is 0. The van der Waals surface area contributed by atoms with Gasteiger partial charge in [-0.2, -0.15) is 0 Å². The molecule has 0 radical (unpaired) electrons. The summed E-state index contributed by atoms with van der Waals surface area (Å²) in [5.74, 6) is 2.42. The molecule has 1 fully saturated rings. The number of imidazole rings is 1. The smallest absolute Gasteiger partial charge is 0.111 e. The van der Waals surface area contributed by atoms with Crippen molar-refractivity contribution in [3.63, 3.8) is 0 Å². The van der Waals surface area contributed by atoms with Gasteiger partial charge in [0.05, 0.1) is 6.10 Å². The molecule has 1 aromatic heterocycles. The number of aryl methyl sites for hydroxylation is 1. The monoisotopic (exact) mass is 264 g/mol. The van der Waals surface area contributed by atoms with Gasteiger partial charge in [-0.15, -0.1) is 0 Å². The van der Waals surface area contributed by atoms with Crippen molar-refractivity contribution >= 4 is 0 Å². The molecular formula is C16H28N2O. The highest BCUT2D eigenvalue weighted by atomic mass is 16.3. The van der Waals surface area contributed by atoms with E-state index in [-0.39, 0.29) is 6.10 Å². The lowest BCUT2D eigenvalue weighted by molar-refractivity contribution is 0.0706. The zero-order chi connectivity index (χ0) is 13.7. The van der Waals surface area contributed by atoms with Crippen molar-refractivity contribution < 1.29 is 5.11 Å². The second-order valence-electron chi connectivity index (χ2n) is 5.97. The van der Waals surface area contributed by atoms with Gasteiger partial charge < -0.3 is 9.67 Å². The summed E-state index contributed by atoms with van der Waals surface area (Å²) < 4.78 is 2.13. The first-order valence-electron chi connectivity index (χ1n) is 7.92. The van der Waals surface area contributed by atoms with Crippen LogP contribution in [0.2, 0.25) is 0 Å². The van der Waals surface area contributed by atoms with E-state index in [1.807, 2.05) is 12.4 Å². The number of aromatic nitrogens is 2. The van der Waals surface area contributed by atoms with Gasteiger partial charge in [-0.1, -0.05) is 32.6 Å². The molecule has 0 spiro atoms. The van der Waals surface area contributed by atoms with Gasteiger partial charge in [0.2, 0.25) is 0 Å². The van der Waals surface area contributed by atoms with Gasteiger partial charge in [0, 0.05) is 25.4 Å². The maximum atomic E-state index is 10.4. The SMILES string of the molecule is CCCC1CCC(C(O)Cc2nccn2CC)CC1. The normalized spacial score (nSPS) is 25.4. The highest BCUT2D eigenvalue weighted by molar-refractivity contribution is 4.95. The van der Waals surface area contributed by atoms with E-state index in [0.717, 1.165) is 18.3 Å². The molecule has 0 amide bonds. The Labute approximate surface area is 117 Å². The molecule has 1 N–H and O–H groups in total. The first-order chi connectivity index (χ1) is 9.24. The van der Waals surface area contributed by atoms with Gasteiger partial charge >= 0.3 is 0 Å². The summed E-state index contributed by atoms with van der Waals surface area (Å²) in [6.07, 6.45) is 12.0. The fourth-order valence-electron chi connectivity index (χ4n) is 3.44. The molecule has 1 saturated carbocycles. The maximum Gasteiger partial charge on any atom is 0.111 e. The summed E-state index contributed by atoms with van der Waals surface area (Å²) in [6.45, 7) is 5.32. The number of aliphatic hydroxyl groups excluding tert-OH is 1. The van der Waals surface area contributed by atoms with Crippen LogP contribution in [-0.2, 0) is 13.0 Å². The predicted molar refractivity (Wildman–Crippen MR) is 78.0 cm³/mol. The van der Waals surface area contributed by atoms with Crippen LogP contribution in [0, 0.1) is 11.8 Å². The van der Waals surface area contributed by atoms with Crippen molar-refractivity contribution in [3.05, 3.63) is 18.2 Å². The molecule has 1 aromatic rings. The van der Waals surface area contributed by atoms with Gasteiger partial charge in [0.1, 0.15) is 5.82 Å². The van der Waals surface area contributed by atoms with E-state index in [1.165, 1.54) is 38.5 Å². The second-order valence-corrected chi connectivity index (χ2v) is 5.97. The Morgan fingerprint density at radius 2 is 2.05 bits per heavy atom. The van der Waals surface area contributed by atoms with Gasteiger partial charge in [-0.25, -0.2) is 4.98 Å². The van der Waals surface area contributed by atoms with Crippen LogP contribution < -0.4 is 0 Å². The van der Waals surface area contributed by atoms with Crippen LogP contribution in [0.4, 0.5) is 0 Å². The minimum absolute atomic E-state index is 0.213. The third-order valence-corrected chi connectivity index (χ3v) is 4.67. The van der Waals surface area contributed by atoms with E-state index in [4.69, 9.17) is 0 Å². The molecule has 1 aliphatic carbocycles. The van der Waals surface area contributed by atoms with E-state index in [2.05, 4.69) is 23.4 Å². The molecule has 1 unspecified atom stereocenters. The summed E-state index contributed by atoms with van der Waals surface area (Å²) in [6, 6.07) is 0. The van der Waals surface area contributed by atoms with Crippen LogP contribution in [0.3, 0.4) is 0 Å². The molecule has 19 heavy (non-hydrogen) atoms. The van der Waals surface area contributed by atoms with Crippen LogP contribution >= 0.6 is 0 Å². The van der Waals surface area contributed by atoms with E-state index in [0.29, 0.717) is 12.3 Å². The number of hydrogen-bond donors (Lipinski definition) is 1. The van der Waals surface area contributed by atoms with Crippen molar-refractivity contribution in [2.24, 2.45) is 11.8 Å². The van der Waals surface area contributed by atoms with Crippen LogP contribution in [0.15, 0.2) is 12.4 Å². The molecule has 3 heteroatoms. The molecule has 1 heterocycles. The molecule has 1 atom stereocenters. The van der Waals surface area contributed by atoms with Crippen molar-refractivity contribution in [2.45, 2.75) is 71.4 Å². The lowest BCUT2D eigenvalue weighted by Crippen LogP contribution is -2.28. The molecule has 0 aromatic carbocycles. The molecule has 1 aliphatic rings. The van der Waals surface area contributed by atoms with Crippen LogP contribution in [0.5, 0.6) is 0 Å². The van der Waals surface area contributed by atoms with Crippen molar-refractivity contribution in [1.82, 2.24) is 9.55 Å². The van der Waals surface area contributed by atoms with E-state index < -0.39 is 0 Å². The number of hydrogen-bond acceptors (Lipinski definition) is 2. The molecule has 0 aliphatic heterocycles. The van der Waals surface area contributed by atoms with E-state index in [1.54, 1.807) is 0 Å². The zero-order valence-corrected chi connectivity index (χ0v) is 12.4. The van der Waals surface area contributed by atoms with E-state index in [9.17, 15) is 5.11 Å². The Balaban J connectivity index is 1.83. The second kappa shape index (κ2) is 7.09. The minimum atomic E-state index is -0.213. The van der Waals surface area contributed by atoms with Crippen LogP contribution in [0.25, 0.3) is 0 Å². The first kappa shape index (κ1) is 14.6. The van der Waals surface area contributed by atoms with Crippen molar-refractivity contribution in [2.75, 3.05) is 0 Å². The number of nitrogens with zero attached hydrogens (tertiary/aromatic N) is 2. The molecule has 108 valence electrons. The highest BCUT2D eigenvalue weighted by Crippen LogP contribution is 2.33. The van der Waals surface area contributed by atoms with Gasteiger partial charge in [0.15, 0.2) is 0 Å². The topological polar surface area (TPSA) is 38.1 Å². The molecular weight excluding hydrogens is 236 g/mol. The molecule has 0 saturated heterocycles. The average molecular weight is 264 g/mol. The van der Waals surface area contributed by atoms with Gasteiger partial charge in [-0.05, 0) is 31.6 Å². The predicted octanol–water partition coefficient (Wildman–Crippen LogP) is 3.41. The first-order valence-corrected chi connectivity index (χ1v) is 7.92. The third kappa shape index (κ3) is 3.82. The Morgan fingerprint density at radius 1 is 1.32 bits per heavy atom. The summed E-state index contributed by atoms with van der Waals surface area (Å²) in [5, 5.41) is 10.4. The summed E-state index contributed by atoms with van der Waals surface area (Å²) in [5.41, 5.74) is 0. The number of aliphatic hydroxyl groups is 1. The zero-order valence-electron chi connectivity index (χ0n) is 12.4. The third-order valence-electron chi connectivity index (χ3n) is 4.67. The summed E-state index contributed by atoms with van der Waals surface area (Å²) in [7, 11) is 0. The quantitative estimate of drug-likeness (QED) is 0.855. The highest BCUT2D eigenvalue weighted by Gasteiger charge is 2.26. The largest absolute Gasteiger partial charge is 0.392 e. The Bertz CT molecular complexity index is 367. The Kier molecular flexibility index (Phi) is 5.44. The molecule has 0 bridgehead atoms. The minimum Gasteiger partial charge on any atom is -0.392 e. The van der Waals surface area contributed by atoms with Gasteiger partial charge in [0.25, 0.3) is 0 Å². The maximum absolute atomic E-state index is 10.4. The lowest BCUT2D eigenvalue weighted by Gasteiger charge is -2.31. The Hall–Kier alpha value is -0.830. The van der Waals surface area contributed by atoms with Crippen LogP contribution in [-0.4, -0.2) is 20.8 Å². The lowest BCUT2D eigenvalue weighted by atomic mass is 9.77. The Morgan fingerprint density at radius 3 is 2.68 bits per heavy atom. The number of rotatable bonds is 6. The van der Waals surface area contributed by atoms with E-state index >= 15 is 0 Å². The van der Waals surface area contributed by atoms with Crippen molar-refractivity contribution in [3.8, 4) is 0 Å². The van der Waals surface area contributed by atoms with Gasteiger partial charge in [-0.3, -0.25) is 0 Å². The van der Waals surface area contributed by atoms with Crippen molar-refractivity contribution in [1.29, 1.82) is 0 Å². The van der Waals surface area contributed by atoms with Crippen LogP contribution in [0.1, 0.15) is 58.2 Å². The summed E-state index contributed by atoms with van der Waals surface area (Å²) in [4.78, 5) is 4.37. The molecule has 2 rings (SSSR count).